The molecule has 1 aliphatic heterocycles. The van der Waals surface area contributed by atoms with Crippen LogP contribution in [0.3, 0.4) is 0 Å². The molecule has 0 saturated carbocycles. The Bertz CT molecular complexity index is 379. The molecule has 0 radical (unpaired) electrons. The van der Waals surface area contributed by atoms with Gasteiger partial charge in [0.25, 0.3) is 0 Å². The molecule has 0 spiro atoms. The van der Waals surface area contributed by atoms with E-state index in [2.05, 4.69) is 10.3 Å². The van der Waals surface area contributed by atoms with Crippen LogP contribution < -0.4 is 5.32 Å². The molecule has 1 fully saturated rings. The van der Waals surface area contributed by atoms with Crippen LogP contribution in [0.2, 0.25) is 5.15 Å². The highest BCUT2D eigenvalue weighted by molar-refractivity contribution is 8.00. The third-order valence-electron chi connectivity index (χ3n) is 2.19. The zero-order valence-corrected chi connectivity index (χ0v) is 10.4. The van der Waals surface area contributed by atoms with Crippen molar-refractivity contribution in [2.24, 2.45) is 0 Å². The van der Waals surface area contributed by atoms with Gasteiger partial charge in [0.05, 0.1) is 0 Å². The molecule has 80 valence electrons. The average molecular weight is 260 g/mol. The first-order valence-electron chi connectivity index (χ1n) is 4.71. The summed E-state index contributed by atoms with van der Waals surface area (Å²) in [6.07, 6.45) is 2.57. The number of nitrogens with one attached hydrogen (secondary N) is 1. The van der Waals surface area contributed by atoms with Crippen LogP contribution in [-0.2, 0) is 0 Å². The van der Waals surface area contributed by atoms with Gasteiger partial charge in [-0.25, -0.2) is 4.98 Å². The first-order valence-corrected chi connectivity index (χ1v) is 6.96. The number of nitriles is 1. The summed E-state index contributed by atoms with van der Waals surface area (Å²) < 4.78 is 0. The normalized spacial score (nSPS) is 20.1. The molecule has 1 unspecified atom stereocenters. The highest BCUT2D eigenvalue weighted by Gasteiger charge is 2.16. The van der Waals surface area contributed by atoms with E-state index in [1.54, 1.807) is 0 Å². The Balaban J connectivity index is 1.90. The Hall–Kier alpha value is -0.440. The maximum Gasteiger partial charge on any atom is 0.185 e. The molecule has 2 heterocycles. The summed E-state index contributed by atoms with van der Waals surface area (Å²) in [5.74, 6) is 1.26. The van der Waals surface area contributed by atoms with Gasteiger partial charge in [-0.2, -0.15) is 17.0 Å². The number of anilines is 1. The van der Waals surface area contributed by atoms with Crippen molar-refractivity contribution in [1.82, 2.24) is 4.98 Å². The summed E-state index contributed by atoms with van der Waals surface area (Å²) in [4.78, 5) is 4.57. The zero-order valence-electron chi connectivity index (χ0n) is 7.99. The van der Waals surface area contributed by atoms with Gasteiger partial charge in [-0.1, -0.05) is 22.9 Å². The van der Waals surface area contributed by atoms with Gasteiger partial charge >= 0.3 is 0 Å². The third-order valence-corrected chi connectivity index (χ3v) is 4.89. The number of hydrogen-bond donors (Lipinski definition) is 1. The molecule has 3 nitrogen and oxygen atoms in total. The Morgan fingerprint density at radius 3 is 3.13 bits per heavy atom. The molecule has 1 N–H and O–H groups in total. The lowest BCUT2D eigenvalue weighted by Gasteiger charge is -2.07. The van der Waals surface area contributed by atoms with Gasteiger partial charge in [0.1, 0.15) is 10.9 Å². The fourth-order valence-electron chi connectivity index (χ4n) is 1.45. The zero-order chi connectivity index (χ0) is 10.7. The van der Waals surface area contributed by atoms with E-state index in [9.17, 15) is 0 Å². The molecule has 1 aromatic heterocycles. The number of nitrogens with zero attached hydrogens (tertiary/aromatic N) is 2. The van der Waals surface area contributed by atoms with Gasteiger partial charge in [-0.3, -0.25) is 0 Å². The van der Waals surface area contributed by atoms with Crippen LogP contribution in [0.25, 0.3) is 0 Å². The number of hydrogen-bond acceptors (Lipinski definition) is 5. The van der Waals surface area contributed by atoms with Crippen LogP contribution in [-0.4, -0.2) is 22.5 Å². The number of halogens is 1. The van der Waals surface area contributed by atoms with Crippen LogP contribution >= 0.6 is 34.7 Å². The third kappa shape index (κ3) is 2.77. The fourth-order valence-corrected chi connectivity index (χ4v) is 3.61. The van der Waals surface area contributed by atoms with Crippen molar-refractivity contribution in [2.75, 3.05) is 17.6 Å². The van der Waals surface area contributed by atoms with Crippen molar-refractivity contribution >= 4 is 39.8 Å². The van der Waals surface area contributed by atoms with Gasteiger partial charge in [-0.05, 0) is 18.6 Å². The maximum absolute atomic E-state index is 8.72. The number of aromatic nitrogens is 1. The second-order valence-corrected chi connectivity index (χ2v) is 6.03. The van der Waals surface area contributed by atoms with E-state index in [0.29, 0.717) is 15.3 Å². The topological polar surface area (TPSA) is 48.7 Å². The van der Waals surface area contributed by atoms with Crippen molar-refractivity contribution in [1.29, 1.82) is 5.26 Å². The van der Waals surface area contributed by atoms with Crippen molar-refractivity contribution in [3.63, 3.8) is 0 Å². The van der Waals surface area contributed by atoms with Crippen LogP contribution in [0.4, 0.5) is 5.13 Å². The van der Waals surface area contributed by atoms with Crippen LogP contribution in [0.15, 0.2) is 0 Å². The molecule has 2 rings (SSSR count). The standard InChI is InChI=1S/C9H10ClN3S2/c10-8-7(4-11)15-9(13-8)12-5-6-2-1-3-14-6/h6H,1-3,5H2,(H,12,13). The Morgan fingerprint density at radius 2 is 2.53 bits per heavy atom. The molecule has 1 atom stereocenters. The Labute approximate surface area is 102 Å². The van der Waals surface area contributed by atoms with E-state index in [1.165, 1.54) is 29.9 Å². The van der Waals surface area contributed by atoms with Crippen molar-refractivity contribution in [2.45, 2.75) is 18.1 Å². The molecule has 0 amide bonds. The van der Waals surface area contributed by atoms with E-state index < -0.39 is 0 Å². The largest absolute Gasteiger partial charge is 0.360 e. The van der Waals surface area contributed by atoms with Gasteiger partial charge in [0, 0.05) is 11.8 Å². The van der Waals surface area contributed by atoms with Crippen molar-refractivity contribution < 1.29 is 0 Å². The molecule has 0 bridgehead atoms. The molecular formula is C9H10ClN3S2. The van der Waals surface area contributed by atoms with Gasteiger partial charge in [0.2, 0.25) is 0 Å². The lowest BCUT2D eigenvalue weighted by atomic mass is 10.2. The minimum absolute atomic E-state index is 0.309. The van der Waals surface area contributed by atoms with Crippen molar-refractivity contribution in [3.8, 4) is 6.07 Å². The first-order chi connectivity index (χ1) is 7.29. The molecule has 6 heteroatoms. The van der Waals surface area contributed by atoms with Crippen LogP contribution in [0.5, 0.6) is 0 Å². The lowest BCUT2D eigenvalue weighted by Crippen LogP contribution is -2.13. The second-order valence-electron chi connectivity index (χ2n) is 3.27. The van der Waals surface area contributed by atoms with Crippen LogP contribution in [0.1, 0.15) is 17.7 Å². The van der Waals surface area contributed by atoms with E-state index in [0.717, 1.165) is 11.7 Å². The second kappa shape index (κ2) is 5.06. The highest BCUT2D eigenvalue weighted by Crippen LogP contribution is 2.29. The highest BCUT2D eigenvalue weighted by atomic mass is 35.5. The molecule has 1 saturated heterocycles. The molecular weight excluding hydrogens is 250 g/mol. The van der Waals surface area contributed by atoms with E-state index in [1.807, 2.05) is 17.8 Å². The van der Waals surface area contributed by atoms with E-state index in [4.69, 9.17) is 16.9 Å². The van der Waals surface area contributed by atoms with Crippen molar-refractivity contribution in [3.05, 3.63) is 10.0 Å². The fraction of sp³-hybridized carbons (Fsp3) is 0.556. The van der Waals surface area contributed by atoms with E-state index in [-0.39, 0.29) is 0 Å². The number of rotatable bonds is 3. The molecule has 0 aromatic carbocycles. The molecule has 1 aromatic rings. The summed E-state index contributed by atoms with van der Waals surface area (Å²) in [7, 11) is 0. The molecule has 0 aliphatic carbocycles. The Morgan fingerprint density at radius 1 is 1.67 bits per heavy atom. The predicted octanol–water partition coefficient (Wildman–Crippen LogP) is 2.98. The average Bonchev–Trinajstić information content (AvgIpc) is 2.83. The van der Waals surface area contributed by atoms with Gasteiger partial charge < -0.3 is 5.32 Å². The maximum atomic E-state index is 8.72. The SMILES string of the molecule is N#Cc1sc(NCC2CCCS2)nc1Cl. The number of thiazole rings is 1. The quantitative estimate of drug-likeness (QED) is 0.907. The predicted molar refractivity (Wildman–Crippen MR) is 65.8 cm³/mol. The summed E-state index contributed by atoms with van der Waals surface area (Å²) in [5.41, 5.74) is 0. The summed E-state index contributed by atoms with van der Waals surface area (Å²) in [6.45, 7) is 0.916. The first kappa shape index (κ1) is 11.1. The van der Waals surface area contributed by atoms with Gasteiger partial charge in [-0.15, -0.1) is 0 Å². The monoisotopic (exact) mass is 259 g/mol. The lowest BCUT2D eigenvalue weighted by molar-refractivity contribution is 0.805. The van der Waals surface area contributed by atoms with Gasteiger partial charge in [0.15, 0.2) is 10.3 Å². The van der Waals surface area contributed by atoms with Crippen LogP contribution in [0, 0.1) is 11.3 Å². The summed E-state index contributed by atoms with van der Waals surface area (Å²) >= 11 is 9.09. The summed E-state index contributed by atoms with van der Waals surface area (Å²) in [6, 6.07) is 2.02. The molecule has 15 heavy (non-hydrogen) atoms. The summed E-state index contributed by atoms with van der Waals surface area (Å²) in [5, 5.41) is 13.7. The number of thioether (sulfide) groups is 1. The minimum Gasteiger partial charge on any atom is -0.360 e. The molecule has 1 aliphatic rings. The Kier molecular flexibility index (Phi) is 3.73. The minimum atomic E-state index is 0.309. The van der Waals surface area contributed by atoms with E-state index >= 15 is 0 Å². The smallest absolute Gasteiger partial charge is 0.185 e.